The lowest BCUT2D eigenvalue weighted by Crippen LogP contribution is -2.43. The molecule has 0 rings (SSSR count). The van der Waals surface area contributed by atoms with Gasteiger partial charge in [0.1, 0.15) is 11.6 Å². The van der Waals surface area contributed by atoms with E-state index >= 15 is 0 Å². The molecule has 0 radical (unpaired) electrons. The summed E-state index contributed by atoms with van der Waals surface area (Å²) in [6.45, 7) is 5.77. The molecule has 1 atom stereocenters. The Morgan fingerprint density at radius 2 is 1.92 bits per heavy atom. The minimum absolute atomic E-state index is 0.144. The number of unbranched alkanes of at least 4 members (excludes halogenated alkanes) is 1. The number of carbonyl (C=O) groups is 3. The first kappa shape index (κ1) is 22.5. The fraction of sp³-hybridized carbons (Fsp3) is 0.800. The van der Waals surface area contributed by atoms with Gasteiger partial charge in [0.05, 0.1) is 0 Å². The third kappa shape index (κ3) is 13.6. The first-order valence-electron chi connectivity index (χ1n) is 8.15. The van der Waals surface area contributed by atoms with Crippen molar-refractivity contribution in [1.29, 1.82) is 0 Å². The Labute approximate surface area is 146 Å². The molecule has 0 aliphatic carbocycles. The number of rotatable bonds is 11. The number of nitrogens with zero attached hydrogens (tertiary/aromatic N) is 3. The molecule has 0 saturated carbocycles. The minimum Gasteiger partial charge on any atom is -0.480 e. The highest BCUT2D eigenvalue weighted by molar-refractivity contribution is 5.80. The molecule has 0 bridgehead atoms. The molecule has 0 aliphatic heterocycles. The van der Waals surface area contributed by atoms with Crippen LogP contribution in [0.4, 0.5) is 4.79 Å². The Bertz CT molecular complexity index is 497. The lowest BCUT2D eigenvalue weighted by atomic mass is 10.1. The summed E-state index contributed by atoms with van der Waals surface area (Å²) in [6, 6.07) is -1.03. The van der Waals surface area contributed by atoms with Crippen molar-refractivity contribution in [2.24, 2.45) is 5.11 Å². The molecule has 142 valence electrons. The van der Waals surface area contributed by atoms with Gasteiger partial charge in [-0.25, -0.2) is 9.59 Å². The van der Waals surface area contributed by atoms with E-state index in [4.69, 9.17) is 15.4 Å². The lowest BCUT2D eigenvalue weighted by Gasteiger charge is -2.22. The number of hydrogen-bond donors (Lipinski definition) is 3. The number of hydrogen-bond acceptors (Lipinski definition) is 5. The average Bonchev–Trinajstić information content (AvgIpc) is 2.48. The molecule has 0 saturated heterocycles. The standard InChI is InChI=1S/C15H27N5O5/c1-15(2,3)25-14(24)19-11(13(22)23)7-4-5-9-17-12(21)8-6-10-18-20-16/h11H,4-10H2,1-3H3,(H,17,21)(H,19,24)(H,22,23)/t11-/m0/s1. The first-order valence-corrected chi connectivity index (χ1v) is 8.15. The maximum atomic E-state index is 11.6. The number of carbonyl (C=O) groups excluding carboxylic acids is 2. The molecule has 0 aliphatic rings. The van der Waals surface area contributed by atoms with Gasteiger partial charge in [-0.2, -0.15) is 0 Å². The monoisotopic (exact) mass is 357 g/mol. The maximum absolute atomic E-state index is 11.6. The number of ether oxygens (including phenoxy) is 1. The van der Waals surface area contributed by atoms with Crippen LogP contribution in [0.3, 0.4) is 0 Å². The summed E-state index contributed by atoms with van der Waals surface area (Å²) < 4.78 is 5.03. The van der Waals surface area contributed by atoms with Gasteiger partial charge < -0.3 is 20.5 Å². The summed E-state index contributed by atoms with van der Waals surface area (Å²) in [5, 5.41) is 17.5. The zero-order chi connectivity index (χ0) is 19.3. The van der Waals surface area contributed by atoms with Gasteiger partial charge in [-0.15, -0.1) is 0 Å². The van der Waals surface area contributed by atoms with Crippen LogP contribution in [0.15, 0.2) is 5.11 Å². The van der Waals surface area contributed by atoms with Crippen LogP contribution in [0.1, 0.15) is 52.9 Å². The van der Waals surface area contributed by atoms with Crippen LogP contribution in [0.2, 0.25) is 0 Å². The Morgan fingerprint density at radius 3 is 2.48 bits per heavy atom. The second-order valence-electron chi connectivity index (χ2n) is 6.44. The van der Waals surface area contributed by atoms with Crippen molar-refractivity contribution < 1.29 is 24.2 Å². The molecule has 2 amide bonds. The number of nitrogens with one attached hydrogen (secondary N) is 2. The molecule has 0 fully saturated rings. The molecule has 0 heterocycles. The van der Waals surface area contributed by atoms with Crippen molar-refractivity contribution in [3.05, 3.63) is 10.4 Å². The zero-order valence-electron chi connectivity index (χ0n) is 14.9. The Morgan fingerprint density at radius 1 is 1.24 bits per heavy atom. The zero-order valence-corrected chi connectivity index (χ0v) is 14.9. The number of aliphatic carboxylic acids is 1. The summed E-state index contributed by atoms with van der Waals surface area (Å²) >= 11 is 0. The van der Waals surface area contributed by atoms with Crippen LogP contribution < -0.4 is 10.6 Å². The Hall–Kier alpha value is -2.48. The van der Waals surface area contributed by atoms with Crippen molar-refractivity contribution in [3.8, 4) is 0 Å². The quantitative estimate of drug-likeness (QED) is 0.224. The van der Waals surface area contributed by atoms with E-state index in [1.54, 1.807) is 20.8 Å². The van der Waals surface area contributed by atoms with E-state index in [2.05, 4.69) is 20.7 Å². The fourth-order valence-electron chi connectivity index (χ4n) is 1.85. The van der Waals surface area contributed by atoms with E-state index in [9.17, 15) is 14.4 Å². The normalized spacial score (nSPS) is 11.8. The predicted molar refractivity (Wildman–Crippen MR) is 90.9 cm³/mol. The van der Waals surface area contributed by atoms with E-state index in [1.165, 1.54) is 0 Å². The van der Waals surface area contributed by atoms with E-state index in [0.717, 1.165) is 0 Å². The average molecular weight is 357 g/mol. The molecule has 0 unspecified atom stereocenters. The molecular formula is C15H27N5O5. The van der Waals surface area contributed by atoms with Crippen LogP contribution in [0.5, 0.6) is 0 Å². The number of amides is 2. The minimum atomic E-state index is -1.13. The van der Waals surface area contributed by atoms with Crippen molar-refractivity contribution in [2.75, 3.05) is 13.1 Å². The molecule has 3 N–H and O–H groups in total. The van der Waals surface area contributed by atoms with Gasteiger partial charge >= 0.3 is 12.1 Å². The van der Waals surface area contributed by atoms with Gasteiger partial charge in [-0.3, -0.25) is 4.79 Å². The molecule has 10 nitrogen and oxygen atoms in total. The Kier molecular flexibility index (Phi) is 10.8. The van der Waals surface area contributed by atoms with Crippen LogP contribution in [0.25, 0.3) is 10.4 Å². The molecule has 0 aromatic heterocycles. The molecule has 10 heteroatoms. The van der Waals surface area contributed by atoms with Gasteiger partial charge in [0.2, 0.25) is 5.91 Å². The predicted octanol–water partition coefficient (Wildman–Crippen LogP) is 2.34. The highest BCUT2D eigenvalue weighted by Gasteiger charge is 2.23. The van der Waals surface area contributed by atoms with Crippen LogP contribution in [0, 0.1) is 0 Å². The van der Waals surface area contributed by atoms with Crippen molar-refractivity contribution >= 4 is 18.0 Å². The molecule has 0 spiro atoms. The van der Waals surface area contributed by atoms with Gasteiger partial charge in [-0.1, -0.05) is 5.11 Å². The highest BCUT2D eigenvalue weighted by atomic mass is 16.6. The molecule has 0 aromatic rings. The van der Waals surface area contributed by atoms with E-state index in [0.29, 0.717) is 25.8 Å². The van der Waals surface area contributed by atoms with Crippen molar-refractivity contribution in [1.82, 2.24) is 10.6 Å². The van der Waals surface area contributed by atoms with E-state index in [-0.39, 0.29) is 25.3 Å². The second kappa shape index (κ2) is 12.0. The van der Waals surface area contributed by atoms with Crippen molar-refractivity contribution in [3.63, 3.8) is 0 Å². The molecule has 0 aromatic carbocycles. The summed E-state index contributed by atoms with van der Waals surface area (Å²) in [7, 11) is 0. The highest BCUT2D eigenvalue weighted by Crippen LogP contribution is 2.08. The van der Waals surface area contributed by atoms with Crippen LogP contribution in [-0.2, 0) is 14.3 Å². The molecule has 25 heavy (non-hydrogen) atoms. The van der Waals surface area contributed by atoms with Gasteiger partial charge in [0.25, 0.3) is 0 Å². The first-order chi connectivity index (χ1) is 11.7. The number of alkyl carbamates (subject to hydrolysis) is 1. The maximum Gasteiger partial charge on any atom is 0.408 e. The molecular weight excluding hydrogens is 330 g/mol. The lowest BCUT2D eigenvalue weighted by molar-refractivity contribution is -0.139. The SMILES string of the molecule is CC(C)(C)OC(=O)N[C@@H](CCCCNC(=O)CCCN=[N+]=[N-])C(=O)O. The number of carboxylic acids is 1. The third-order valence-electron chi connectivity index (χ3n) is 2.96. The Balaban J connectivity index is 3.97. The summed E-state index contributed by atoms with van der Waals surface area (Å²) in [5.74, 6) is -1.28. The smallest absolute Gasteiger partial charge is 0.408 e. The van der Waals surface area contributed by atoms with E-state index < -0.39 is 23.7 Å². The van der Waals surface area contributed by atoms with Crippen LogP contribution in [-0.4, -0.2) is 47.8 Å². The third-order valence-corrected chi connectivity index (χ3v) is 2.96. The van der Waals surface area contributed by atoms with Gasteiger partial charge in [0, 0.05) is 24.4 Å². The summed E-state index contributed by atoms with van der Waals surface area (Å²) in [6.07, 6.45) is 1.33. The topological polar surface area (TPSA) is 153 Å². The summed E-state index contributed by atoms with van der Waals surface area (Å²) in [5.41, 5.74) is 7.41. The number of azide groups is 1. The van der Waals surface area contributed by atoms with Gasteiger partial charge in [0.15, 0.2) is 0 Å². The van der Waals surface area contributed by atoms with E-state index in [1.807, 2.05) is 0 Å². The largest absolute Gasteiger partial charge is 0.480 e. The van der Waals surface area contributed by atoms with Gasteiger partial charge in [-0.05, 0) is 52.0 Å². The second-order valence-corrected chi connectivity index (χ2v) is 6.44. The fourth-order valence-corrected chi connectivity index (χ4v) is 1.85. The number of carboxylic acid groups (broad SMARTS) is 1. The summed E-state index contributed by atoms with van der Waals surface area (Å²) in [4.78, 5) is 36.9. The van der Waals surface area contributed by atoms with Crippen molar-refractivity contribution in [2.45, 2.75) is 64.5 Å². The van der Waals surface area contributed by atoms with Crippen LogP contribution >= 0.6 is 0 Å².